The topological polar surface area (TPSA) is 82.8 Å². The third-order valence-corrected chi connectivity index (χ3v) is 4.37. The van der Waals surface area contributed by atoms with Crippen molar-refractivity contribution in [1.82, 2.24) is 9.66 Å². The Labute approximate surface area is 176 Å². The zero-order valence-electron chi connectivity index (χ0n) is 16.3. The SMILES string of the molecule is Cc1nc2ccc(Br)cc2c(=O)n1N=Cc1cccc(OCC(=O)OC(C)C)c1. The molecular weight excluding hydrogens is 438 g/mol. The minimum atomic E-state index is -0.436. The highest BCUT2D eigenvalue weighted by atomic mass is 79.9. The minimum Gasteiger partial charge on any atom is -0.482 e. The molecule has 8 heteroatoms. The highest BCUT2D eigenvalue weighted by Crippen LogP contribution is 2.16. The Kier molecular flexibility index (Phi) is 6.43. The van der Waals surface area contributed by atoms with Gasteiger partial charge in [0.1, 0.15) is 11.6 Å². The molecule has 1 heterocycles. The van der Waals surface area contributed by atoms with Crippen molar-refractivity contribution in [1.29, 1.82) is 0 Å². The molecule has 0 atom stereocenters. The molecule has 0 amide bonds. The van der Waals surface area contributed by atoms with Gasteiger partial charge in [-0.15, -0.1) is 0 Å². The average molecular weight is 458 g/mol. The van der Waals surface area contributed by atoms with E-state index in [1.54, 1.807) is 57.3 Å². The average Bonchev–Trinajstić information content (AvgIpc) is 2.67. The number of carbonyl (C=O) groups is 1. The summed E-state index contributed by atoms with van der Waals surface area (Å²) in [6.07, 6.45) is 1.35. The molecule has 0 bridgehead atoms. The maximum atomic E-state index is 12.8. The first-order valence-corrected chi connectivity index (χ1v) is 9.78. The lowest BCUT2D eigenvalue weighted by atomic mass is 10.2. The first-order valence-electron chi connectivity index (χ1n) is 8.99. The normalized spacial score (nSPS) is 11.3. The molecule has 0 aliphatic heterocycles. The van der Waals surface area contributed by atoms with E-state index < -0.39 is 5.97 Å². The molecular formula is C21H20BrN3O4. The number of hydrogen-bond acceptors (Lipinski definition) is 6. The van der Waals surface area contributed by atoms with Gasteiger partial charge < -0.3 is 9.47 Å². The van der Waals surface area contributed by atoms with Gasteiger partial charge >= 0.3 is 5.97 Å². The van der Waals surface area contributed by atoms with Gasteiger partial charge in [0.05, 0.1) is 23.2 Å². The highest BCUT2D eigenvalue weighted by molar-refractivity contribution is 9.10. The Morgan fingerprint density at radius 3 is 2.83 bits per heavy atom. The van der Waals surface area contributed by atoms with Crippen molar-refractivity contribution < 1.29 is 14.3 Å². The van der Waals surface area contributed by atoms with Gasteiger partial charge in [0.2, 0.25) is 0 Å². The van der Waals surface area contributed by atoms with Gasteiger partial charge in [-0.25, -0.2) is 9.78 Å². The van der Waals surface area contributed by atoms with Crippen molar-refractivity contribution in [3.05, 3.63) is 68.7 Å². The zero-order valence-corrected chi connectivity index (χ0v) is 17.8. The third kappa shape index (κ3) is 5.29. The van der Waals surface area contributed by atoms with Crippen LogP contribution in [0.3, 0.4) is 0 Å². The van der Waals surface area contributed by atoms with Gasteiger partial charge in [0, 0.05) is 4.47 Å². The first-order chi connectivity index (χ1) is 13.8. The van der Waals surface area contributed by atoms with Gasteiger partial charge in [0.25, 0.3) is 5.56 Å². The molecule has 0 radical (unpaired) electrons. The number of aromatic nitrogens is 2. The molecule has 0 unspecified atom stereocenters. The highest BCUT2D eigenvalue weighted by Gasteiger charge is 2.09. The molecule has 2 aromatic carbocycles. The number of halogens is 1. The molecule has 0 aliphatic rings. The summed E-state index contributed by atoms with van der Waals surface area (Å²) in [4.78, 5) is 28.8. The Bertz CT molecular complexity index is 1140. The Hall–Kier alpha value is -3.00. The fourth-order valence-electron chi connectivity index (χ4n) is 2.64. The van der Waals surface area contributed by atoms with Crippen molar-refractivity contribution in [2.24, 2.45) is 5.10 Å². The number of ether oxygens (including phenoxy) is 2. The van der Waals surface area contributed by atoms with E-state index in [0.717, 1.165) is 4.47 Å². The summed E-state index contributed by atoms with van der Waals surface area (Å²) in [7, 11) is 0. The molecule has 150 valence electrons. The molecule has 1 aromatic heterocycles. The van der Waals surface area contributed by atoms with Crippen molar-refractivity contribution in [3.63, 3.8) is 0 Å². The van der Waals surface area contributed by atoms with Gasteiger partial charge in [-0.05, 0) is 56.7 Å². The largest absolute Gasteiger partial charge is 0.482 e. The van der Waals surface area contributed by atoms with Gasteiger partial charge in [-0.2, -0.15) is 9.78 Å². The van der Waals surface area contributed by atoms with E-state index in [9.17, 15) is 9.59 Å². The summed E-state index contributed by atoms with van der Waals surface area (Å²) in [5.41, 5.74) is 1.07. The Balaban J connectivity index is 1.82. The molecule has 0 spiro atoms. The van der Waals surface area contributed by atoms with Crippen LogP contribution >= 0.6 is 15.9 Å². The smallest absolute Gasteiger partial charge is 0.344 e. The Morgan fingerprint density at radius 2 is 2.07 bits per heavy atom. The fraction of sp³-hybridized carbons (Fsp3) is 0.238. The van der Waals surface area contributed by atoms with Crippen LogP contribution in [0.15, 0.2) is 56.8 Å². The van der Waals surface area contributed by atoms with Crippen LogP contribution < -0.4 is 10.3 Å². The number of esters is 1. The predicted octanol–water partition coefficient (Wildman–Crippen LogP) is 3.68. The van der Waals surface area contributed by atoms with Crippen LogP contribution in [-0.4, -0.2) is 34.6 Å². The monoisotopic (exact) mass is 457 g/mol. The van der Waals surface area contributed by atoms with Crippen LogP contribution in [0.25, 0.3) is 10.9 Å². The minimum absolute atomic E-state index is 0.180. The number of aryl methyl sites for hydroxylation is 1. The first kappa shape index (κ1) is 20.7. The van der Waals surface area contributed by atoms with Crippen LogP contribution in [0, 0.1) is 6.92 Å². The van der Waals surface area contributed by atoms with Crippen LogP contribution in [0.5, 0.6) is 5.75 Å². The van der Waals surface area contributed by atoms with E-state index in [0.29, 0.717) is 28.0 Å². The van der Waals surface area contributed by atoms with E-state index >= 15 is 0 Å². The third-order valence-electron chi connectivity index (χ3n) is 3.87. The molecule has 0 aliphatic carbocycles. The lowest BCUT2D eigenvalue weighted by Crippen LogP contribution is -2.20. The number of rotatable bonds is 6. The molecule has 0 saturated heterocycles. The quantitative estimate of drug-likeness (QED) is 0.416. The van der Waals surface area contributed by atoms with E-state index in [-0.39, 0.29) is 18.3 Å². The molecule has 0 saturated carbocycles. The number of benzene rings is 2. The standard InChI is InChI=1S/C21H20BrN3O4/c1-13(2)29-20(26)12-28-17-6-4-5-15(9-17)11-23-25-14(3)24-19-8-7-16(22)10-18(19)21(25)27/h4-11,13H,12H2,1-3H3. The summed E-state index contributed by atoms with van der Waals surface area (Å²) in [6, 6.07) is 12.4. The molecule has 3 aromatic rings. The van der Waals surface area contributed by atoms with Crippen molar-refractivity contribution in [3.8, 4) is 5.75 Å². The lowest BCUT2D eigenvalue weighted by molar-refractivity contribution is -0.149. The van der Waals surface area contributed by atoms with E-state index in [4.69, 9.17) is 9.47 Å². The lowest BCUT2D eigenvalue weighted by Gasteiger charge is -2.09. The number of hydrogen-bond donors (Lipinski definition) is 0. The van der Waals surface area contributed by atoms with Crippen molar-refractivity contribution in [2.75, 3.05) is 6.61 Å². The molecule has 7 nitrogen and oxygen atoms in total. The Morgan fingerprint density at radius 1 is 1.28 bits per heavy atom. The van der Waals surface area contributed by atoms with Crippen LogP contribution in [0.2, 0.25) is 0 Å². The van der Waals surface area contributed by atoms with Gasteiger partial charge in [0.15, 0.2) is 6.61 Å². The molecule has 0 fully saturated rings. The summed E-state index contributed by atoms with van der Waals surface area (Å²) < 4.78 is 12.5. The van der Waals surface area contributed by atoms with Crippen LogP contribution in [0.4, 0.5) is 0 Å². The summed E-state index contributed by atoms with van der Waals surface area (Å²) in [6.45, 7) is 5.10. The molecule has 29 heavy (non-hydrogen) atoms. The van der Waals surface area contributed by atoms with E-state index in [1.807, 2.05) is 12.1 Å². The second kappa shape index (κ2) is 9.00. The van der Waals surface area contributed by atoms with Crippen molar-refractivity contribution in [2.45, 2.75) is 26.9 Å². The number of fused-ring (bicyclic) bond motifs is 1. The van der Waals surface area contributed by atoms with E-state index in [1.165, 1.54) is 4.68 Å². The summed E-state index contributed by atoms with van der Waals surface area (Å²) >= 11 is 3.37. The fourth-order valence-corrected chi connectivity index (χ4v) is 3.01. The zero-order chi connectivity index (χ0) is 21.0. The van der Waals surface area contributed by atoms with Crippen LogP contribution in [0.1, 0.15) is 25.2 Å². The number of carbonyl (C=O) groups excluding carboxylic acids is 1. The molecule has 3 rings (SSSR count). The summed E-state index contributed by atoms with van der Waals surface area (Å²) in [5, 5.41) is 4.76. The maximum Gasteiger partial charge on any atom is 0.344 e. The van der Waals surface area contributed by atoms with E-state index in [2.05, 4.69) is 26.0 Å². The van der Waals surface area contributed by atoms with Gasteiger partial charge in [-0.3, -0.25) is 4.79 Å². The summed E-state index contributed by atoms with van der Waals surface area (Å²) in [5.74, 6) is 0.541. The van der Waals surface area contributed by atoms with Crippen LogP contribution in [-0.2, 0) is 9.53 Å². The van der Waals surface area contributed by atoms with Crippen molar-refractivity contribution >= 4 is 39.0 Å². The molecule has 0 N–H and O–H groups in total. The second-order valence-electron chi connectivity index (χ2n) is 6.58. The van der Waals surface area contributed by atoms with Gasteiger partial charge in [-0.1, -0.05) is 28.1 Å². The second-order valence-corrected chi connectivity index (χ2v) is 7.50. The predicted molar refractivity (Wildman–Crippen MR) is 115 cm³/mol. The number of nitrogens with zero attached hydrogens (tertiary/aromatic N) is 3. The maximum absolute atomic E-state index is 12.8.